The predicted molar refractivity (Wildman–Crippen MR) is 98.0 cm³/mol. The monoisotopic (exact) mass is 352 g/mol. The third kappa shape index (κ3) is 4.83. The summed E-state index contributed by atoms with van der Waals surface area (Å²) in [5.41, 5.74) is 1.77. The lowest BCUT2D eigenvalue weighted by Gasteiger charge is -2.15. The van der Waals surface area contributed by atoms with Gasteiger partial charge in [-0.25, -0.2) is 0 Å². The number of hydrogen-bond acceptors (Lipinski definition) is 6. The minimum absolute atomic E-state index is 0.208. The molecule has 0 aliphatic carbocycles. The van der Waals surface area contributed by atoms with Gasteiger partial charge in [0.05, 0.1) is 0 Å². The molecule has 1 amide bonds. The molecular weight excluding hydrogens is 332 g/mol. The molecule has 0 bridgehead atoms. The summed E-state index contributed by atoms with van der Waals surface area (Å²) in [5, 5.41) is 9.60. The van der Waals surface area contributed by atoms with E-state index in [-0.39, 0.29) is 5.91 Å². The Labute approximate surface area is 151 Å². The highest BCUT2D eigenvalue weighted by Crippen LogP contribution is 2.19. The van der Waals surface area contributed by atoms with Crippen molar-refractivity contribution in [3.8, 4) is 5.75 Å². The van der Waals surface area contributed by atoms with Crippen molar-refractivity contribution < 1.29 is 14.1 Å². The molecule has 0 fully saturated rings. The minimum atomic E-state index is -0.458. The Morgan fingerprint density at radius 2 is 2.15 bits per heavy atom. The van der Waals surface area contributed by atoms with Gasteiger partial charge in [0.1, 0.15) is 24.2 Å². The number of carbonyl (C=O) groups is 1. The lowest BCUT2D eigenvalue weighted by atomic mass is 10.2. The second-order valence-electron chi connectivity index (χ2n) is 5.86. The van der Waals surface area contributed by atoms with Gasteiger partial charge in [-0.3, -0.25) is 9.78 Å². The van der Waals surface area contributed by atoms with E-state index in [0.29, 0.717) is 23.9 Å². The fourth-order valence-corrected chi connectivity index (χ4v) is 2.30. The standard InChI is InChI=1S/C19H20N4O3/c1-13-9-18(23-26-13)22-19(24)14(2)21-16-6-3-7-17(10-16)25-12-15-5-4-8-20-11-15/h3-11,14,21H,12H2,1-2H3,(H,22,23,24). The van der Waals surface area contributed by atoms with Gasteiger partial charge in [-0.15, -0.1) is 0 Å². The number of benzene rings is 1. The average Bonchev–Trinajstić information content (AvgIpc) is 3.06. The molecular formula is C19H20N4O3. The Bertz CT molecular complexity index is 864. The second kappa shape index (κ2) is 8.15. The number of anilines is 2. The van der Waals surface area contributed by atoms with Gasteiger partial charge in [0.2, 0.25) is 5.91 Å². The first-order valence-corrected chi connectivity index (χ1v) is 8.22. The maximum absolute atomic E-state index is 12.2. The van der Waals surface area contributed by atoms with Crippen molar-refractivity contribution in [3.63, 3.8) is 0 Å². The Kier molecular flexibility index (Phi) is 5.48. The molecule has 2 aromatic heterocycles. The molecule has 3 aromatic rings. The van der Waals surface area contributed by atoms with Gasteiger partial charge in [0.25, 0.3) is 0 Å². The summed E-state index contributed by atoms with van der Waals surface area (Å²) in [5.74, 6) is 1.53. The van der Waals surface area contributed by atoms with Crippen LogP contribution in [0.25, 0.3) is 0 Å². The van der Waals surface area contributed by atoms with Gasteiger partial charge < -0.3 is 19.9 Å². The molecule has 2 N–H and O–H groups in total. The lowest BCUT2D eigenvalue weighted by molar-refractivity contribution is -0.116. The zero-order valence-electron chi connectivity index (χ0n) is 14.6. The minimum Gasteiger partial charge on any atom is -0.489 e. The maximum Gasteiger partial charge on any atom is 0.247 e. The van der Waals surface area contributed by atoms with Crippen LogP contribution in [0.5, 0.6) is 5.75 Å². The van der Waals surface area contributed by atoms with E-state index in [0.717, 1.165) is 11.3 Å². The lowest BCUT2D eigenvalue weighted by Crippen LogP contribution is -2.31. The van der Waals surface area contributed by atoms with Crippen LogP contribution in [-0.2, 0) is 11.4 Å². The Morgan fingerprint density at radius 3 is 2.88 bits per heavy atom. The molecule has 134 valence electrons. The summed E-state index contributed by atoms with van der Waals surface area (Å²) >= 11 is 0. The van der Waals surface area contributed by atoms with Gasteiger partial charge in [-0.2, -0.15) is 0 Å². The highest BCUT2D eigenvalue weighted by atomic mass is 16.5. The maximum atomic E-state index is 12.2. The summed E-state index contributed by atoms with van der Waals surface area (Å²) in [6.45, 7) is 3.96. The smallest absolute Gasteiger partial charge is 0.247 e. The molecule has 1 aromatic carbocycles. The summed E-state index contributed by atoms with van der Waals surface area (Å²) < 4.78 is 10.7. The van der Waals surface area contributed by atoms with Crippen LogP contribution in [0.4, 0.5) is 11.5 Å². The number of nitrogens with one attached hydrogen (secondary N) is 2. The van der Waals surface area contributed by atoms with Gasteiger partial charge in [-0.1, -0.05) is 17.3 Å². The molecule has 1 unspecified atom stereocenters. The first-order valence-electron chi connectivity index (χ1n) is 8.22. The van der Waals surface area contributed by atoms with Crippen molar-refractivity contribution in [1.29, 1.82) is 0 Å². The molecule has 1 atom stereocenters. The quantitative estimate of drug-likeness (QED) is 0.677. The molecule has 3 rings (SSSR count). The highest BCUT2D eigenvalue weighted by Gasteiger charge is 2.14. The van der Waals surface area contributed by atoms with Gasteiger partial charge in [0.15, 0.2) is 5.82 Å². The largest absolute Gasteiger partial charge is 0.489 e. The number of aryl methyl sites for hydroxylation is 1. The fraction of sp³-hybridized carbons (Fsp3) is 0.211. The van der Waals surface area contributed by atoms with E-state index in [9.17, 15) is 4.79 Å². The van der Waals surface area contributed by atoms with Crippen molar-refractivity contribution in [2.75, 3.05) is 10.6 Å². The molecule has 7 nitrogen and oxygen atoms in total. The molecule has 0 saturated heterocycles. The third-order valence-electron chi connectivity index (χ3n) is 3.62. The summed E-state index contributed by atoms with van der Waals surface area (Å²) in [7, 11) is 0. The van der Waals surface area contributed by atoms with Crippen LogP contribution in [0.2, 0.25) is 0 Å². The van der Waals surface area contributed by atoms with Crippen LogP contribution in [0.1, 0.15) is 18.2 Å². The van der Waals surface area contributed by atoms with Crippen LogP contribution in [0.3, 0.4) is 0 Å². The van der Waals surface area contributed by atoms with E-state index in [1.54, 1.807) is 32.3 Å². The molecule has 0 aliphatic heterocycles. The number of hydrogen-bond donors (Lipinski definition) is 2. The van der Waals surface area contributed by atoms with E-state index in [1.807, 2.05) is 36.4 Å². The van der Waals surface area contributed by atoms with Crippen LogP contribution in [0, 0.1) is 6.92 Å². The van der Waals surface area contributed by atoms with Crippen molar-refractivity contribution in [3.05, 3.63) is 66.2 Å². The topological polar surface area (TPSA) is 89.3 Å². The number of nitrogens with zero attached hydrogens (tertiary/aromatic N) is 2. The van der Waals surface area contributed by atoms with E-state index in [2.05, 4.69) is 20.8 Å². The van der Waals surface area contributed by atoms with Crippen LogP contribution < -0.4 is 15.4 Å². The van der Waals surface area contributed by atoms with E-state index >= 15 is 0 Å². The molecule has 26 heavy (non-hydrogen) atoms. The molecule has 0 radical (unpaired) electrons. The zero-order valence-corrected chi connectivity index (χ0v) is 14.6. The molecule has 0 saturated carbocycles. The van der Waals surface area contributed by atoms with E-state index < -0.39 is 6.04 Å². The number of pyridine rings is 1. The number of aromatic nitrogens is 2. The van der Waals surface area contributed by atoms with Crippen LogP contribution in [-0.4, -0.2) is 22.1 Å². The number of carbonyl (C=O) groups excluding carboxylic acids is 1. The Morgan fingerprint density at radius 1 is 1.27 bits per heavy atom. The second-order valence-corrected chi connectivity index (χ2v) is 5.86. The number of rotatable bonds is 7. The third-order valence-corrected chi connectivity index (χ3v) is 3.62. The number of amides is 1. The normalized spacial score (nSPS) is 11.6. The van der Waals surface area contributed by atoms with E-state index in [1.165, 1.54) is 0 Å². The van der Waals surface area contributed by atoms with Crippen LogP contribution >= 0.6 is 0 Å². The summed E-state index contributed by atoms with van der Waals surface area (Å²) in [6, 6.07) is 12.5. The van der Waals surface area contributed by atoms with Crippen LogP contribution in [0.15, 0.2) is 59.4 Å². The summed E-state index contributed by atoms with van der Waals surface area (Å²) in [4.78, 5) is 16.3. The molecule has 0 spiro atoms. The first-order chi connectivity index (χ1) is 12.6. The molecule has 7 heteroatoms. The summed E-state index contributed by atoms with van der Waals surface area (Å²) in [6.07, 6.45) is 3.49. The fourth-order valence-electron chi connectivity index (χ4n) is 2.30. The van der Waals surface area contributed by atoms with E-state index in [4.69, 9.17) is 9.26 Å². The Hall–Kier alpha value is -3.35. The van der Waals surface area contributed by atoms with Gasteiger partial charge in [-0.05, 0) is 32.0 Å². The SMILES string of the molecule is Cc1cc(NC(=O)C(C)Nc2cccc(OCc3cccnc3)c2)no1. The van der Waals surface area contributed by atoms with Crippen molar-refractivity contribution in [1.82, 2.24) is 10.1 Å². The predicted octanol–water partition coefficient (Wildman–Crippen LogP) is 3.40. The van der Waals surface area contributed by atoms with Gasteiger partial charge >= 0.3 is 0 Å². The van der Waals surface area contributed by atoms with Crippen molar-refractivity contribution in [2.45, 2.75) is 26.5 Å². The van der Waals surface area contributed by atoms with Crippen molar-refractivity contribution >= 4 is 17.4 Å². The Balaban J connectivity index is 1.56. The highest BCUT2D eigenvalue weighted by molar-refractivity contribution is 5.95. The zero-order chi connectivity index (χ0) is 18.4. The van der Waals surface area contributed by atoms with Gasteiger partial charge in [0, 0.05) is 35.8 Å². The van der Waals surface area contributed by atoms with Crippen molar-refractivity contribution in [2.24, 2.45) is 0 Å². The molecule has 2 heterocycles. The average molecular weight is 352 g/mol. The molecule has 0 aliphatic rings. The number of ether oxygens (including phenoxy) is 1. The first kappa shape index (κ1) is 17.5.